The van der Waals surface area contributed by atoms with Crippen LogP contribution >= 0.6 is 0 Å². The Balaban J connectivity index is 2.82. The molecule has 5 heteroatoms. The van der Waals surface area contributed by atoms with Crippen LogP contribution in [0.1, 0.15) is 59.3 Å². The van der Waals surface area contributed by atoms with Gasteiger partial charge in [-0.15, -0.1) is 0 Å². The van der Waals surface area contributed by atoms with Gasteiger partial charge >= 0.3 is 12.0 Å². The summed E-state index contributed by atoms with van der Waals surface area (Å²) in [6.45, 7) is 6.58. The van der Waals surface area contributed by atoms with Crippen molar-refractivity contribution in [3.05, 3.63) is 0 Å². The van der Waals surface area contributed by atoms with E-state index in [1.54, 1.807) is 0 Å². The normalized spacial score (nSPS) is 20.6. The standard InChI is InChI=1S/C15H28N2O3/c1-4-8-13-9-6-7-10-16(13)15(20)17(11-14(18)19)12(3)5-2/h12-13H,4-11H2,1-3H3,(H,18,19). The maximum Gasteiger partial charge on any atom is 0.323 e. The third kappa shape index (κ3) is 4.39. The number of carboxylic acid groups (broad SMARTS) is 1. The molecule has 0 aromatic carbocycles. The van der Waals surface area contributed by atoms with Crippen LogP contribution < -0.4 is 0 Å². The summed E-state index contributed by atoms with van der Waals surface area (Å²) in [6, 6.07) is 0.143. The predicted molar refractivity (Wildman–Crippen MR) is 78.7 cm³/mol. The largest absolute Gasteiger partial charge is 0.480 e. The Morgan fingerprint density at radius 3 is 2.60 bits per heavy atom. The molecule has 1 rings (SSSR count). The Bertz CT molecular complexity index is 331. The van der Waals surface area contributed by atoms with Crippen LogP contribution in [0.25, 0.3) is 0 Å². The summed E-state index contributed by atoms with van der Waals surface area (Å²) >= 11 is 0. The van der Waals surface area contributed by atoms with Gasteiger partial charge in [0.15, 0.2) is 0 Å². The molecule has 5 nitrogen and oxygen atoms in total. The molecule has 1 N–H and O–H groups in total. The molecule has 0 aromatic heterocycles. The summed E-state index contributed by atoms with van der Waals surface area (Å²) < 4.78 is 0. The number of carbonyl (C=O) groups excluding carboxylic acids is 1. The maximum atomic E-state index is 12.7. The van der Waals surface area contributed by atoms with Crippen molar-refractivity contribution in [1.29, 1.82) is 0 Å². The number of amides is 2. The Morgan fingerprint density at radius 2 is 2.05 bits per heavy atom. The number of hydrogen-bond acceptors (Lipinski definition) is 2. The summed E-state index contributed by atoms with van der Waals surface area (Å²) in [4.78, 5) is 27.1. The van der Waals surface area contributed by atoms with Crippen molar-refractivity contribution in [2.75, 3.05) is 13.1 Å². The number of carbonyl (C=O) groups is 2. The minimum atomic E-state index is -0.942. The number of hydrogen-bond donors (Lipinski definition) is 1. The van der Waals surface area contributed by atoms with Crippen molar-refractivity contribution in [1.82, 2.24) is 9.80 Å². The lowest BCUT2D eigenvalue weighted by Crippen LogP contribution is -2.53. The summed E-state index contributed by atoms with van der Waals surface area (Å²) in [7, 11) is 0. The quantitative estimate of drug-likeness (QED) is 0.815. The van der Waals surface area contributed by atoms with Gasteiger partial charge < -0.3 is 14.9 Å². The molecule has 20 heavy (non-hydrogen) atoms. The zero-order valence-electron chi connectivity index (χ0n) is 13.0. The summed E-state index contributed by atoms with van der Waals surface area (Å²) in [5, 5.41) is 9.03. The van der Waals surface area contributed by atoms with Gasteiger partial charge in [0.25, 0.3) is 0 Å². The molecule has 0 radical (unpaired) electrons. The molecule has 0 bridgehead atoms. The first kappa shape index (κ1) is 16.8. The highest BCUT2D eigenvalue weighted by molar-refractivity contribution is 5.80. The second kappa shape index (κ2) is 8.12. The monoisotopic (exact) mass is 284 g/mol. The SMILES string of the molecule is CCCC1CCCCN1C(=O)N(CC(=O)O)C(C)CC. The van der Waals surface area contributed by atoms with Crippen LogP contribution in [0, 0.1) is 0 Å². The molecule has 0 saturated carbocycles. The number of likely N-dealkylation sites (tertiary alicyclic amines) is 1. The smallest absolute Gasteiger partial charge is 0.323 e. The van der Waals surface area contributed by atoms with E-state index in [-0.39, 0.29) is 24.7 Å². The lowest BCUT2D eigenvalue weighted by Gasteiger charge is -2.40. The summed E-state index contributed by atoms with van der Waals surface area (Å²) in [5.41, 5.74) is 0. The molecule has 2 atom stereocenters. The first-order chi connectivity index (χ1) is 9.51. The molecule has 0 spiro atoms. The molecule has 2 unspecified atom stereocenters. The fraction of sp³-hybridized carbons (Fsp3) is 0.867. The van der Waals surface area contributed by atoms with Gasteiger partial charge in [-0.3, -0.25) is 4.79 Å². The average molecular weight is 284 g/mol. The second-order valence-corrected chi connectivity index (χ2v) is 5.69. The van der Waals surface area contributed by atoms with E-state index in [0.29, 0.717) is 0 Å². The highest BCUT2D eigenvalue weighted by Gasteiger charge is 2.32. The van der Waals surface area contributed by atoms with Crippen molar-refractivity contribution < 1.29 is 14.7 Å². The number of urea groups is 1. The molecule has 0 aromatic rings. The van der Waals surface area contributed by atoms with Gasteiger partial charge in [0.1, 0.15) is 6.54 Å². The van der Waals surface area contributed by atoms with E-state index in [1.165, 1.54) is 4.90 Å². The molecule has 1 aliphatic rings. The maximum absolute atomic E-state index is 12.7. The van der Waals surface area contributed by atoms with E-state index < -0.39 is 5.97 Å². The third-order valence-electron chi connectivity index (χ3n) is 4.17. The summed E-state index contributed by atoms with van der Waals surface area (Å²) in [6.07, 6.45) is 6.06. The number of piperidine rings is 1. The van der Waals surface area contributed by atoms with Crippen LogP contribution in [0.5, 0.6) is 0 Å². The first-order valence-electron chi connectivity index (χ1n) is 7.80. The highest BCUT2D eigenvalue weighted by Crippen LogP contribution is 2.23. The number of nitrogens with zero attached hydrogens (tertiary/aromatic N) is 2. The number of aliphatic carboxylic acids is 1. The van der Waals surface area contributed by atoms with Crippen LogP contribution in [0.2, 0.25) is 0 Å². The zero-order valence-corrected chi connectivity index (χ0v) is 13.0. The van der Waals surface area contributed by atoms with Gasteiger partial charge in [-0.1, -0.05) is 20.3 Å². The minimum absolute atomic E-state index is 0.0391. The Morgan fingerprint density at radius 1 is 1.35 bits per heavy atom. The topological polar surface area (TPSA) is 60.9 Å². The van der Waals surface area contributed by atoms with Gasteiger partial charge in [-0.2, -0.15) is 0 Å². The lowest BCUT2D eigenvalue weighted by molar-refractivity contribution is -0.138. The van der Waals surface area contributed by atoms with Crippen LogP contribution in [0.4, 0.5) is 4.79 Å². The molecule has 1 heterocycles. The van der Waals surface area contributed by atoms with E-state index in [2.05, 4.69) is 6.92 Å². The molecular weight excluding hydrogens is 256 g/mol. The molecular formula is C15H28N2O3. The van der Waals surface area contributed by atoms with E-state index >= 15 is 0 Å². The highest BCUT2D eigenvalue weighted by atomic mass is 16.4. The van der Waals surface area contributed by atoms with Gasteiger partial charge in [0.05, 0.1) is 0 Å². The van der Waals surface area contributed by atoms with Crippen LogP contribution in [-0.4, -0.2) is 52.1 Å². The molecule has 1 aliphatic heterocycles. The molecule has 0 aliphatic carbocycles. The van der Waals surface area contributed by atoms with Gasteiger partial charge in [0.2, 0.25) is 0 Å². The molecule has 116 valence electrons. The van der Waals surface area contributed by atoms with E-state index in [1.807, 2.05) is 18.7 Å². The van der Waals surface area contributed by atoms with Crippen LogP contribution in [0.15, 0.2) is 0 Å². The Kier molecular flexibility index (Phi) is 6.82. The number of carboxylic acids is 1. The van der Waals surface area contributed by atoms with Gasteiger partial charge in [-0.25, -0.2) is 4.79 Å². The van der Waals surface area contributed by atoms with Crippen molar-refractivity contribution in [3.63, 3.8) is 0 Å². The van der Waals surface area contributed by atoms with Crippen molar-refractivity contribution in [2.24, 2.45) is 0 Å². The van der Waals surface area contributed by atoms with Crippen LogP contribution in [-0.2, 0) is 4.79 Å². The van der Waals surface area contributed by atoms with Crippen molar-refractivity contribution in [2.45, 2.75) is 71.4 Å². The minimum Gasteiger partial charge on any atom is -0.480 e. The lowest BCUT2D eigenvalue weighted by atomic mass is 9.98. The Labute approximate surface area is 121 Å². The molecule has 2 amide bonds. The first-order valence-corrected chi connectivity index (χ1v) is 7.80. The van der Waals surface area contributed by atoms with Crippen molar-refractivity contribution >= 4 is 12.0 Å². The van der Waals surface area contributed by atoms with Gasteiger partial charge in [0, 0.05) is 18.6 Å². The fourth-order valence-corrected chi connectivity index (χ4v) is 2.83. The fourth-order valence-electron chi connectivity index (χ4n) is 2.83. The molecule has 1 saturated heterocycles. The van der Waals surface area contributed by atoms with Crippen LogP contribution in [0.3, 0.4) is 0 Å². The zero-order chi connectivity index (χ0) is 15.1. The van der Waals surface area contributed by atoms with Crippen molar-refractivity contribution in [3.8, 4) is 0 Å². The Hall–Kier alpha value is -1.26. The molecule has 1 fully saturated rings. The van der Waals surface area contributed by atoms with Gasteiger partial charge in [-0.05, 0) is 39.0 Å². The van der Waals surface area contributed by atoms with E-state index in [9.17, 15) is 9.59 Å². The summed E-state index contributed by atoms with van der Waals surface area (Å²) in [5.74, 6) is -0.942. The second-order valence-electron chi connectivity index (χ2n) is 5.69. The third-order valence-corrected chi connectivity index (χ3v) is 4.17. The predicted octanol–water partition coefficient (Wildman–Crippen LogP) is 2.95. The average Bonchev–Trinajstić information content (AvgIpc) is 2.44. The number of rotatable bonds is 6. The van der Waals surface area contributed by atoms with E-state index in [0.717, 1.165) is 45.1 Å². The van der Waals surface area contributed by atoms with E-state index in [4.69, 9.17) is 5.11 Å².